The highest BCUT2D eigenvalue weighted by Gasteiger charge is 2.20. The highest BCUT2D eigenvalue weighted by Crippen LogP contribution is 2.22. The first kappa shape index (κ1) is 12.9. The minimum Gasteiger partial charge on any atom is -0.381 e. The lowest BCUT2D eigenvalue weighted by molar-refractivity contribution is 0.0539. The molecule has 0 saturated heterocycles. The van der Waals surface area contributed by atoms with Crippen molar-refractivity contribution in [2.24, 2.45) is 5.41 Å². The molecule has 1 N–H and O–H groups in total. The molecule has 0 aromatic heterocycles. The second-order valence-electron chi connectivity index (χ2n) is 4.61. The molecule has 1 unspecified atom stereocenters. The van der Waals surface area contributed by atoms with E-state index >= 15 is 0 Å². The fourth-order valence-electron chi connectivity index (χ4n) is 1.48. The van der Waals surface area contributed by atoms with Crippen LogP contribution >= 0.6 is 0 Å². The molecule has 80 valence electrons. The standard InChI is InChI=1S/C11H25NO/c1-6-7-13-9-11(3,4)8-10(2)12-5/h10,12H,6-9H2,1-5H3. The van der Waals surface area contributed by atoms with Gasteiger partial charge >= 0.3 is 0 Å². The topological polar surface area (TPSA) is 21.3 Å². The Hall–Kier alpha value is -0.0800. The summed E-state index contributed by atoms with van der Waals surface area (Å²) in [6.07, 6.45) is 2.27. The van der Waals surface area contributed by atoms with Gasteiger partial charge in [-0.25, -0.2) is 0 Å². The molecule has 0 rings (SSSR count). The molecule has 0 spiro atoms. The first-order valence-corrected chi connectivity index (χ1v) is 5.27. The predicted octanol–water partition coefficient (Wildman–Crippen LogP) is 2.44. The summed E-state index contributed by atoms with van der Waals surface area (Å²) in [6, 6.07) is 0.570. The van der Waals surface area contributed by atoms with Crippen LogP contribution in [0.3, 0.4) is 0 Å². The van der Waals surface area contributed by atoms with Crippen LogP contribution in [-0.2, 0) is 4.74 Å². The van der Waals surface area contributed by atoms with Gasteiger partial charge in [0, 0.05) is 12.6 Å². The van der Waals surface area contributed by atoms with E-state index in [1.165, 1.54) is 0 Å². The predicted molar refractivity (Wildman–Crippen MR) is 58.0 cm³/mol. The largest absolute Gasteiger partial charge is 0.381 e. The van der Waals surface area contributed by atoms with Crippen molar-refractivity contribution in [1.29, 1.82) is 0 Å². The lowest BCUT2D eigenvalue weighted by atomic mass is 9.87. The number of rotatable bonds is 7. The Balaban J connectivity index is 3.65. The molecule has 0 aliphatic heterocycles. The van der Waals surface area contributed by atoms with Gasteiger partial charge in [-0.1, -0.05) is 20.8 Å². The third kappa shape index (κ3) is 7.03. The van der Waals surface area contributed by atoms with Gasteiger partial charge in [-0.05, 0) is 32.2 Å². The molecule has 0 bridgehead atoms. The molecule has 0 amide bonds. The van der Waals surface area contributed by atoms with Crippen molar-refractivity contribution in [1.82, 2.24) is 5.32 Å². The molecule has 0 aromatic rings. The maximum Gasteiger partial charge on any atom is 0.0517 e. The van der Waals surface area contributed by atoms with Crippen LogP contribution in [0.5, 0.6) is 0 Å². The highest BCUT2D eigenvalue weighted by atomic mass is 16.5. The molecular formula is C11H25NO. The van der Waals surface area contributed by atoms with Gasteiger partial charge in [0.15, 0.2) is 0 Å². The van der Waals surface area contributed by atoms with Crippen molar-refractivity contribution in [3.63, 3.8) is 0 Å². The van der Waals surface area contributed by atoms with Gasteiger partial charge in [0.05, 0.1) is 6.61 Å². The van der Waals surface area contributed by atoms with Gasteiger partial charge in [-0.3, -0.25) is 0 Å². The van der Waals surface area contributed by atoms with Crippen molar-refractivity contribution in [3.8, 4) is 0 Å². The van der Waals surface area contributed by atoms with Gasteiger partial charge in [-0.2, -0.15) is 0 Å². The summed E-state index contributed by atoms with van der Waals surface area (Å²) in [6.45, 7) is 10.6. The van der Waals surface area contributed by atoms with Gasteiger partial charge in [0.25, 0.3) is 0 Å². The smallest absolute Gasteiger partial charge is 0.0517 e. The lowest BCUT2D eigenvalue weighted by Gasteiger charge is -2.27. The van der Waals surface area contributed by atoms with Crippen LogP contribution in [0.2, 0.25) is 0 Å². The van der Waals surface area contributed by atoms with E-state index in [2.05, 4.69) is 33.0 Å². The third-order valence-electron chi connectivity index (χ3n) is 2.19. The average molecular weight is 187 g/mol. The highest BCUT2D eigenvalue weighted by molar-refractivity contribution is 4.73. The van der Waals surface area contributed by atoms with E-state index in [4.69, 9.17) is 4.74 Å². The molecule has 0 aliphatic rings. The second-order valence-corrected chi connectivity index (χ2v) is 4.61. The van der Waals surface area contributed by atoms with Crippen LogP contribution in [0.15, 0.2) is 0 Å². The fourth-order valence-corrected chi connectivity index (χ4v) is 1.48. The molecule has 13 heavy (non-hydrogen) atoms. The molecule has 2 heteroatoms. The Morgan fingerprint density at radius 2 is 2.00 bits per heavy atom. The van der Waals surface area contributed by atoms with E-state index in [0.717, 1.165) is 26.1 Å². The molecule has 0 radical (unpaired) electrons. The summed E-state index contributed by atoms with van der Waals surface area (Å²) in [5, 5.41) is 3.26. The Labute approximate surface area is 83.1 Å². The Bertz CT molecular complexity index is 123. The SMILES string of the molecule is CCCOCC(C)(C)CC(C)NC. The maximum atomic E-state index is 5.57. The van der Waals surface area contributed by atoms with E-state index in [0.29, 0.717) is 6.04 Å². The minimum absolute atomic E-state index is 0.289. The van der Waals surface area contributed by atoms with Crippen LogP contribution in [-0.4, -0.2) is 26.3 Å². The summed E-state index contributed by atoms with van der Waals surface area (Å²) >= 11 is 0. The summed E-state index contributed by atoms with van der Waals surface area (Å²) in [4.78, 5) is 0. The monoisotopic (exact) mass is 187 g/mol. The molecular weight excluding hydrogens is 162 g/mol. The van der Waals surface area contributed by atoms with E-state index in [9.17, 15) is 0 Å². The molecule has 2 nitrogen and oxygen atoms in total. The third-order valence-corrected chi connectivity index (χ3v) is 2.19. The van der Waals surface area contributed by atoms with Crippen molar-refractivity contribution < 1.29 is 4.74 Å². The Morgan fingerprint density at radius 3 is 2.46 bits per heavy atom. The number of nitrogens with one attached hydrogen (secondary N) is 1. The molecule has 0 fully saturated rings. The molecule has 0 saturated carbocycles. The van der Waals surface area contributed by atoms with Crippen LogP contribution in [0.1, 0.15) is 40.5 Å². The summed E-state index contributed by atoms with van der Waals surface area (Å²) in [7, 11) is 2.01. The first-order valence-electron chi connectivity index (χ1n) is 5.27. The van der Waals surface area contributed by atoms with Crippen LogP contribution in [0, 0.1) is 5.41 Å². The zero-order chi connectivity index (χ0) is 10.3. The zero-order valence-corrected chi connectivity index (χ0v) is 9.81. The van der Waals surface area contributed by atoms with Crippen molar-refractivity contribution >= 4 is 0 Å². The van der Waals surface area contributed by atoms with E-state index in [-0.39, 0.29) is 5.41 Å². The molecule has 0 heterocycles. The summed E-state index contributed by atoms with van der Waals surface area (Å²) in [5.74, 6) is 0. The number of ether oxygens (including phenoxy) is 1. The number of hydrogen-bond donors (Lipinski definition) is 1. The van der Waals surface area contributed by atoms with Gasteiger partial charge in [0.1, 0.15) is 0 Å². The fraction of sp³-hybridized carbons (Fsp3) is 1.00. The van der Waals surface area contributed by atoms with Gasteiger partial charge in [-0.15, -0.1) is 0 Å². The second kappa shape index (κ2) is 6.39. The normalized spacial score (nSPS) is 14.5. The number of hydrogen-bond acceptors (Lipinski definition) is 2. The van der Waals surface area contributed by atoms with Crippen LogP contribution < -0.4 is 5.32 Å². The minimum atomic E-state index is 0.289. The lowest BCUT2D eigenvalue weighted by Crippen LogP contribution is -2.31. The van der Waals surface area contributed by atoms with Crippen LogP contribution in [0.25, 0.3) is 0 Å². The van der Waals surface area contributed by atoms with Crippen molar-refractivity contribution in [3.05, 3.63) is 0 Å². The van der Waals surface area contributed by atoms with Gasteiger partial charge < -0.3 is 10.1 Å². The quantitative estimate of drug-likeness (QED) is 0.618. The van der Waals surface area contributed by atoms with Crippen molar-refractivity contribution in [2.45, 2.75) is 46.6 Å². The van der Waals surface area contributed by atoms with E-state index in [1.807, 2.05) is 7.05 Å². The van der Waals surface area contributed by atoms with Gasteiger partial charge in [0.2, 0.25) is 0 Å². The summed E-state index contributed by atoms with van der Waals surface area (Å²) < 4.78 is 5.57. The zero-order valence-electron chi connectivity index (χ0n) is 9.81. The van der Waals surface area contributed by atoms with E-state index < -0.39 is 0 Å². The molecule has 1 atom stereocenters. The molecule has 0 aromatic carbocycles. The summed E-state index contributed by atoms with van der Waals surface area (Å²) in [5.41, 5.74) is 0.289. The average Bonchev–Trinajstić information content (AvgIpc) is 2.03. The van der Waals surface area contributed by atoms with Crippen molar-refractivity contribution in [2.75, 3.05) is 20.3 Å². The molecule has 0 aliphatic carbocycles. The maximum absolute atomic E-state index is 5.57. The Morgan fingerprint density at radius 1 is 1.38 bits per heavy atom. The first-order chi connectivity index (χ1) is 6.02. The Kier molecular flexibility index (Phi) is 6.35. The van der Waals surface area contributed by atoms with Crippen LogP contribution in [0.4, 0.5) is 0 Å². The van der Waals surface area contributed by atoms with E-state index in [1.54, 1.807) is 0 Å².